The highest BCUT2D eigenvalue weighted by atomic mass is 16.3. The standard InChI is InChI=1S/C20H14N2O2/c23-18-7-3-1-5-15(18)13-21-16-11-9-14(10-12-16)20-22-17-6-2-4-8-19(17)24-20/h1-13,23H. The molecule has 1 aromatic heterocycles. The van der Waals surface area contributed by atoms with Gasteiger partial charge in [0.2, 0.25) is 5.89 Å². The van der Waals surface area contributed by atoms with Gasteiger partial charge in [0.1, 0.15) is 11.3 Å². The molecular weight excluding hydrogens is 300 g/mol. The zero-order chi connectivity index (χ0) is 16.4. The van der Waals surface area contributed by atoms with Crippen molar-refractivity contribution < 1.29 is 9.52 Å². The molecule has 0 aliphatic heterocycles. The number of fused-ring (bicyclic) bond motifs is 1. The summed E-state index contributed by atoms with van der Waals surface area (Å²) in [6.45, 7) is 0. The number of phenols is 1. The molecule has 116 valence electrons. The maximum absolute atomic E-state index is 9.74. The van der Waals surface area contributed by atoms with Crippen molar-refractivity contribution in [1.29, 1.82) is 0 Å². The molecule has 24 heavy (non-hydrogen) atoms. The number of hydrogen-bond acceptors (Lipinski definition) is 4. The Balaban J connectivity index is 1.59. The minimum atomic E-state index is 0.212. The third-order valence-electron chi connectivity index (χ3n) is 3.70. The second kappa shape index (κ2) is 6.01. The number of oxazole rings is 1. The molecule has 0 saturated carbocycles. The Bertz CT molecular complexity index is 984. The van der Waals surface area contributed by atoms with Crippen molar-refractivity contribution in [2.45, 2.75) is 0 Å². The van der Waals surface area contributed by atoms with Gasteiger partial charge in [0.15, 0.2) is 5.58 Å². The number of rotatable bonds is 3. The molecular formula is C20H14N2O2. The minimum Gasteiger partial charge on any atom is -0.507 e. The van der Waals surface area contributed by atoms with Gasteiger partial charge in [0.25, 0.3) is 0 Å². The topological polar surface area (TPSA) is 58.6 Å². The molecule has 0 unspecified atom stereocenters. The van der Waals surface area contributed by atoms with Crippen LogP contribution in [0.5, 0.6) is 5.75 Å². The van der Waals surface area contributed by atoms with Gasteiger partial charge in [-0.25, -0.2) is 4.98 Å². The second-order valence-electron chi connectivity index (χ2n) is 5.35. The third kappa shape index (κ3) is 2.77. The lowest BCUT2D eigenvalue weighted by atomic mass is 10.2. The van der Waals surface area contributed by atoms with Crippen LogP contribution in [-0.4, -0.2) is 16.3 Å². The second-order valence-corrected chi connectivity index (χ2v) is 5.35. The number of aromatic nitrogens is 1. The summed E-state index contributed by atoms with van der Waals surface area (Å²) in [5, 5.41) is 9.74. The van der Waals surface area contributed by atoms with Crippen molar-refractivity contribution >= 4 is 23.0 Å². The van der Waals surface area contributed by atoms with E-state index in [1.54, 1.807) is 18.3 Å². The number of hydrogen-bond donors (Lipinski definition) is 1. The van der Waals surface area contributed by atoms with Crippen LogP contribution >= 0.6 is 0 Å². The van der Waals surface area contributed by atoms with Crippen molar-refractivity contribution in [2.75, 3.05) is 0 Å². The fraction of sp³-hybridized carbons (Fsp3) is 0. The van der Waals surface area contributed by atoms with Crippen molar-refractivity contribution in [2.24, 2.45) is 4.99 Å². The predicted molar refractivity (Wildman–Crippen MR) is 94.8 cm³/mol. The van der Waals surface area contributed by atoms with E-state index >= 15 is 0 Å². The molecule has 1 heterocycles. The summed E-state index contributed by atoms with van der Waals surface area (Å²) in [4.78, 5) is 8.86. The van der Waals surface area contributed by atoms with Crippen molar-refractivity contribution in [3.05, 3.63) is 78.4 Å². The predicted octanol–water partition coefficient (Wildman–Crippen LogP) is 4.95. The summed E-state index contributed by atoms with van der Waals surface area (Å²) in [6.07, 6.45) is 1.64. The van der Waals surface area contributed by atoms with Crippen LogP contribution in [0.25, 0.3) is 22.6 Å². The van der Waals surface area contributed by atoms with E-state index in [-0.39, 0.29) is 5.75 Å². The van der Waals surface area contributed by atoms with E-state index in [9.17, 15) is 5.11 Å². The summed E-state index contributed by atoms with van der Waals surface area (Å²) >= 11 is 0. The highest BCUT2D eigenvalue weighted by molar-refractivity contribution is 5.85. The molecule has 0 bridgehead atoms. The Morgan fingerprint density at radius 3 is 2.42 bits per heavy atom. The Labute approximate surface area is 138 Å². The molecule has 0 saturated heterocycles. The molecule has 0 aliphatic carbocycles. The van der Waals surface area contributed by atoms with Gasteiger partial charge in [-0.15, -0.1) is 0 Å². The molecule has 4 nitrogen and oxygen atoms in total. The first-order valence-corrected chi connectivity index (χ1v) is 7.58. The molecule has 4 rings (SSSR count). The zero-order valence-electron chi connectivity index (χ0n) is 12.8. The minimum absolute atomic E-state index is 0.212. The van der Waals surface area contributed by atoms with Gasteiger partial charge in [-0.1, -0.05) is 24.3 Å². The first kappa shape index (κ1) is 14.2. The van der Waals surface area contributed by atoms with E-state index in [0.29, 0.717) is 11.5 Å². The quantitative estimate of drug-likeness (QED) is 0.544. The van der Waals surface area contributed by atoms with E-state index in [1.165, 1.54) is 0 Å². The monoisotopic (exact) mass is 314 g/mol. The lowest BCUT2D eigenvalue weighted by Crippen LogP contribution is -1.81. The molecule has 0 amide bonds. The van der Waals surface area contributed by atoms with E-state index in [1.807, 2.05) is 60.7 Å². The van der Waals surface area contributed by atoms with Gasteiger partial charge in [0.05, 0.1) is 5.69 Å². The summed E-state index contributed by atoms with van der Waals surface area (Å²) in [5.41, 5.74) is 3.98. The Hall–Kier alpha value is -3.40. The van der Waals surface area contributed by atoms with E-state index < -0.39 is 0 Å². The van der Waals surface area contributed by atoms with E-state index in [0.717, 1.165) is 22.4 Å². The molecule has 0 spiro atoms. The van der Waals surface area contributed by atoms with Crippen LogP contribution in [0.3, 0.4) is 0 Å². The van der Waals surface area contributed by atoms with Crippen LogP contribution in [0.15, 0.2) is 82.2 Å². The number of aliphatic imine (C=N–C) groups is 1. The van der Waals surface area contributed by atoms with Crippen LogP contribution in [0.2, 0.25) is 0 Å². The number of para-hydroxylation sites is 3. The summed E-state index contributed by atoms with van der Waals surface area (Å²) < 4.78 is 5.76. The molecule has 0 atom stereocenters. The Morgan fingerprint density at radius 2 is 1.62 bits per heavy atom. The third-order valence-corrected chi connectivity index (χ3v) is 3.70. The van der Waals surface area contributed by atoms with Crippen LogP contribution in [-0.2, 0) is 0 Å². The van der Waals surface area contributed by atoms with Gasteiger partial charge in [0, 0.05) is 17.3 Å². The van der Waals surface area contributed by atoms with Crippen LogP contribution in [0.4, 0.5) is 5.69 Å². The zero-order valence-corrected chi connectivity index (χ0v) is 12.8. The van der Waals surface area contributed by atoms with Crippen molar-refractivity contribution in [3.8, 4) is 17.2 Å². The SMILES string of the molecule is Oc1ccccc1C=Nc1ccc(-c2nc3ccccc3o2)cc1. The number of aromatic hydroxyl groups is 1. The summed E-state index contributed by atoms with van der Waals surface area (Å²) in [5.74, 6) is 0.803. The van der Waals surface area contributed by atoms with Gasteiger partial charge in [-0.3, -0.25) is 4.99 Å². The van der Waals surface area contributed by atoms with Gasteiger partial charge in [-0.05, 0) is 48.5 Å². The molecule has 0 fully saturated rings. The maximum Gasteiger partial charge on any atom is 0.227 e. The Morgan fingerprint density at radius 1 is 0.875 bits per heavy atom. The van der Waals surface area contributed by atoms with Crippen molar-refractivity contribution in [3.63, 3.8) is 0 Å². The van der Waals surface area contributed by atoms with Crippen molar-refractivity contribution in [1.82, 2.24) is 4.98 Å². The number of nitrogens with zero attached hydrogens (tertiary/aromatic N) is 2. The molecule has 4 aromatic rings. The normalized spacial score (nSPS) is 11.3. The molecule has 4 heteroatoms. The fourth-order valence-corrected chi connectivity index (χ4v) is 2.43. The molecule has 0 radical (unpaired) electrons. The van der Waals surface area contributed by atoms with Crippen LogP contribution in [0, 0.1) is 0 Å². The lowest BCUT2D eigenvalue weighted by Gasteiger charge is -1.98. The smallest absolute Gasteiger partial charge is 0.227 e. The van der Waals surface area contributed by atoms with Crippen LogP contribution < -0.4 is 0 Å². The maximum atomic E-state index is 9.74. The highest BCUT2D eigenvalue weighted by Gasteiger charge is 2.07. The van der Waals surface area contributed by atoms with E-state index in [2.05, 4.69) is 9.98 Å². The van der Waals surface area contributed by atoms with Crippen LogP contribution in [0.1, 0.15) is 5.56 Å². The van der Waals surface area contributed by atoms with Gasteiger partial charge >= 0.3 is 0 Å². The molecule has 3 aromatic carbocycles. The highest BCUT2D eigenvalue weighted by Crippen LogP contribution is 2.26. The summed E-state index contributed by atoms with van der Waals surface area (Å²) in [7, 11) is 0. The first-order chi connectivity index (χ1) is 11.8. The Kier molecular flexibility index (Phi) is 3.56. The molecule has 1 N–H and O–H groups in total. The average Bonchev–Trinajstić information content (AvgIpc) is 3.06. The summed E-state index contributed by atoms with van der Waals surface area (Å²) in [6, 6.07) is 22.4. The fourth-order valence-electron chi connectivity index (χ4n) is 2.43. The van der Waals surface area contributed by atoms with Gasteiger partial charge in [-0.2, -0.15) is 0 Å². The number of phenolic OH excluding ortho intramolecular Hbond substituents is 1. The van der Waals surface area contributed by atoms with E-state index in [4.69, 9.17) is 4.42 Å². The largest absolute Gasteiger partial charge is 0.507 e. The average molecular weight is 314 g/mol. The van der Waals surface area contributed by atoms with Gasteiger partial charge < -0.3 is 9.52 Å². The first-order valence-electron chi connectivity index (χ1n) is 7.58. The molecule has 0 aliphatic rings. The lowest BCUT2D eigenvalue weighted by molar-refractivity contribution is 0.474. The number of benzene rings is 3.